The Morgan fingerprint density at radius 3 is 0.986 bits per heavy atom. The molecule has 59 nitrogen and oxygen atoms in total. The number of hydrogen-bond acceptors (Lipinski definition) is 50. The number of esters is 3. The smallest absolute Gasteiger partial charge is 0.364 e. The predicted molar refractivity (Wildman–Crippen MR) is 476 cm³/mol. The molecule has 0 aliphatic carbocycles. The van der Waals surface area contributed by atoms with Crippen LogP contribution in [0.1, 0.15) is 118 Å². The SMILES string of the molecule is CC(=O)NC1[C@H](OCCCCC(=O)CCCCC(=O)Oc2ccc([N+](=O)[O-])cc2)OC(CO)[C@@H](O[C@@H]2OC(CO[C@]3(C(=O)O)CC(O)[C@@H](NC(C)=O)C(C(O)C(O)CO)O3)[C@H](O)[C@H](O)C2O)[C@@H]1O.CC(=O)NC1[C@H](OCCCN)OC(CO)[C@@H](O[C@@H]2OC(CO[C@]3(C(=O)O)CC(O)[C@@H](NC(C)=O)C(C(O)C(O)CO)O3)[C@H](O)[C@H](O)C2O)[C@@H]1O.O=C(CCCCC(=O)Oc1ccc([N+](=O)[O-])cc1)Oc1ccc([N+](=O)[O-])cc1. The summed E-state index contributed by atoms with van der Waals surface area (Å²) < 4.78 is 83.2. The number of aliphatic hydroxyl groups is 18. The van der Waals surface area contributed by atoms with Crippen LogP contribution in [0, 0.1) is 30.3 Å². The van der Waals surface area contributed by atoms with E-state index in [-0.39, 0.29) is 92.0 Å². The van der Waals surface area contributed by atoms with Gasteiger partial charge in [-0.2, -0.15) is 0 Å². The number of ether oxygens (including phenoxy) is 15. The Kier molecular flexibility index (Phi) is 49.0. The van der Waals surface area contributed by atoms with Crippen molar-refractivity contribution < 1.29 is 236 Å². The van der Waals surface area contributed by atoms with Gasteiger partial charge in [0.05, 0.1) is 85.3 Å². The molecule has 3 aromatic carbocycles. The number of amides is 4. The second-order valence-corrected chi connectivity index (χ2v) is 34.5. The number of carbonyl (C=O) groups is 10. The number of nitro groups is 3. The molecule has 0 spiro atoms. The summed E-state index contributed by atoms with van der Waals surface area (Å²) in [6, 6.07) is 9.61. The number of benzene rings is 3. The van der Waals surface area contributed by atoms with E-state index >= 15 is 0 Å². The van der Waals surface area contributed by atoms with Crippen LogP contribution in [-0.2, 0) is 105 Å². The van der Waals surface area contributed by atoms with Gasteiger partial charge in [-0.25, -0.2) is 9.59 Å². The van der Waals surface area contributed by atoms with Crippen LogP contribution in [-0.4, -0.2) is 431 Å². The van der Waals surface area contributed by atoms with Crippen molar-refractivity contribution in [1.29, 1.82) is 0 Å². The summed E-state index contributed by atoms with van der Waals surface area (Å²) in [4.78, 5) is 151. The van der Waals surface area contributed by atoms with E-state index in [4.69, 9.17) is 76.8 Å². The van der Waals surface area contributed by atoms with Crippen LogP contribution in [0.4, 0.5) is 17.1 Å². The maximum absolute atomic E-state index is 12.6. The average Bonchev–Trinajstić information content (AvgIpc) is 0.759. The molecule has 6 saturated heterocycles. The fourth-order valence-electron chi connectivity index (χ4n) is 15.8. The zero-order valence-corrected chi connectivity index (χ0v) is 79.0. The molecule has 16 unspecified atom stereocenters. The molecule has 4 amide bonds. The molecule has 146 heavy (non-hydrogen) atoms. The van der Waals surface area contributed by atoms with Gasteiger partial charge in [0.15, 0.2) is 25.2 Å². The van der Waals surface area contributed by atoms with Gasteiger partial charge in [-0.3, -0.25) is 68.7 Å². The molecule has 32 atom stereocenters. The highest BCUT2D eigenvalue weighted by Crippen LogP contribution is 2.40. The maximum atomic E-state index is 12.6. The third kappa shape index (κ3) is 35.1. The van der Waals surface area contributed by atoms with Gasteiger partial charge < -0.3 is 200 Å². The Morgan fingerprint density at radius 1 is 0.404 bits per heavy atom. The van der Waals surface area contributed by atoms with Crippen LogP contribution < -0.4 is 41.2 Å². The average molecular weight is 2100 g/mol. The van der Waals surface area contributed by atoms with Gasteiger partial charge in [-0.05, 0) is 87.9 Å². The minimum atomic E-state index is -2.89. The normalized spacial score (nSPS) is 31.0. The molecule has 820 valence electrons. The molecule has 0 saturated carbocycles. The van der Waals surface area contributed by atoms with Crippen LogP contribution in [0.15, 0.2) is 72.8 Å². The number of carboxylic acids is 2. The van der Waals surface area contributed by atoms with Gasteiger partial charge in [0.25, 0.3) is 28.6 Å². The van der Waals surface area contributed by atoms with Gasteiger partial charge in [0.2, 0.25) is 23.6 Å². The van der Waals surface area contributed by atoms with E-state index in [9.17, 15) is 180 Å². The Labute approximate surface area is 828 Å². The van der Waals surface area contributed by atoms with Crippen molar-refractivity contribution in [3.63, 3.8) is 0 Å². The third-order valence-electron chi connectivity index (χ3n) is 23.4. The highest BCUT2D eigenvalue weighted by Gasteiger charge is 2.61. The predicted octanol–water partition coefficient (Wildman–Crippen LogP) is -8.37. The number of aliphatic carboxylic acids is 2. The van der Waals surface area contributed by atoms with Crippen LogP contribution >= 0.6 is 0 Å². The summed E-state index contributed by atoms with van der Waals surface area (Å²) in [6.07, 6.45) is -45.9. The van der Waals surface area contributed by atoms with E-state index in [0.29, 0.717) is 44.9 Å². The monoisotopic (exact) mass is 2100 g/mol. The Morgan fingerprint density at radius 2 is 0.699 bits per heavy atom. The van der Waals surface area contributed by atoms with Crippen molar-refractivity contribution in [3.05, 3.63) is 103 Å². The topological polar surface area (TPSA) is 917 Å². The van der Waals surface area contributed by atoms with Gasteiger partial charge in [-0.1, -0.05) is 0 Å². The minimum absolute atomic E-state index is 0.0205. The first-order valence-corrected chi connectivity index (χ1v) is 45.9. The number of nitrogens with one attached hydrogen (secondary N) is 4. The first-order valence-electron chi connectivity index (χ1n) is 45.9. The van der Waals surface area contributed by atoms with Crippen LogP contribution in [0.5, 0.6) is 17.2 Å². The number of hydrogen-bond donors (Lipinski definition) is 25. The van der Waals surface area contributed by atoms with Crippen molar-refractivity contribution in [2.24, 2.45) is 5.73 Å². The van der Waals surface area contributed by atoms with Crippen molar-refractivity contribution >= 4 is 76.3 Å². The van der Waals surface area contributed by atoms with Crippen molar-refractivity contribution in [1.82, 2.24) is 21.3 Å². The summed E-state index contributed by atoms with van der Waals surface area (Å²) in [6.45, 7) is -0.981. The first kappa shape index (κ1) is 122. The van der Waals surface area contributed by atoms with E-state index in [2.05, 4.69) is 21.3 Å². The Hall–Kier alpha value is -10.5. The molecule has 0 radical (unpaired) electrons. The van der Waals surface area contributed by atoms with Gasteiger partial charge in [-0.15, -0.1) is 0 Å². The lowest BCUT2D eigenvalue weighted by Gasteiger charge is -2.48. The molecule has 3 aromatic rings. The number of nitrogens with two attached hydrogens (primary N) is 1. The molecular weight excluding hydrogens is 1970 g/mol. The van der Waals surface area contributed by atoms with E-state index in [1.54, 1.807) is 0 Å². The number of nitro benzene ring substituents is 3. The number of ketones is 1. The molecule has 6 aliphatic heterocycles. The largest absolute Gasteiger partial charge is 0.477 e. The Balaban J connectivity index is 0.000000323. The van der Waals surface area contributed by atoms with Crippen molar-refractivity contribution in [2.45, 2.75) is 313 Å². The van der Waals surface area contributed by atoms with Crippen LogP contribution in [0.2, 0.25) is 0 Å². The molecule has 59 heteroatoms. The van der Waals surface area contributed by atoms with E-state index in [1.165, 1.54) is 72.8 Å². The van der Waals surface area contributed by atoms with Crippen molar-refractivity contribution in [3.8, 4) is 17.2 Å². The molecule has 26 N–H and O–H groups in total. The van der Waals surface area contributed by atoms with Crippen LogP contribution in [0.3, 0.4) is 0 Å². The summed E-state index contributed by atoms with van der Waals surface area (Å²) >= 11 is 0. The van der Waals surface area contributed by atoms with Crippen LogP contribution in [0.25, 0.3) is 0 Å². The fraction of sp³-hybridized carbons (Fsp3) is 0.678. The summed E-state index contributed by atoms with van der Waals surface area (Å²) in [5, 5.41) is 251. The lowest BCUT2D eigenvalue weighted by molar-refractivity contribution is -0.385. The second kappa shape index (κ2) is 58.5. The molecule has 6 heterocycles. The Bertz CT molecular complexity index is 4640. The minimum Gasteiger partial charge on any atom is -0.477 e. The second-order valence-electron chi connectivity index (χ2n) is 34.5. The number of carboxylic acid groups (broad SMARTS) is 2. The number of unbranched alkanes of at least 4 members (excludes halogenated alkanes) is 3. The zero-order chi connectivity index (χ0) is 108. The molecule has 9 rings (SSSR count). The highest BCUT2D eigenvalue weighted by molar-refractivity contribution is 5.80. The van der Waals surface area contributed by atoms with E-state index < -0.39 is 316 Å². The first-order chi connectivity index (χ1) is 69.0. The number of aliphatic hydroxyl groups excluding tert-OH is 18. The molecule has 6 aliphatic rings. The number of rotatable bonds is 50. The number of carbonyl (C=O) groups excluding carboxylic acids is 8. The lowest BCUT2D eigenvalue weighted by atomic mass is 9.88. The maximum Gasteiger partial charge on any atom is 0.364 e. The lowest BCUT2D eigenvalue weighted by Crippen LogP contribution is -2.69. The standard InChI is InChI=1S/C41H61N3O24.C28H49N3O19.C18H16N2O8/c1-19(47)42-29-24(50)15-41(40(58)59,68-37(29)31(53)25(51)16-45)63-18-27-32(54)34(56)35(57)39(66-27)67-36-26(17-46)65-38(30(33(36)55)43-20(2)48)62-14-6-5-8-22(49)7-3-4-9-28(52)64-23-12-10-21(11-13-23)44(60)61;1-10(34)30-16-12(36)6-28(27(43)44,50-24(16)18(38)13(37)7-32)46-9-15-19(39)21(41)22(42)26(48-15)49-23-14(8-33)47-25(45-5-3-4-29)17(20(23)40)31-11(2)35;21-17(27-15-9-5-13(6-10-15)19(23)24)3-1-2-4-18(22)28-16-11-7-14(8-12-16)20(25)26/h10-13,24-27,29-39,45-46,50-51,53-57H,3-9,14-18H2,1-2H3,(H,42,47)(H,43,48)(H,58,59);12-26,32-33,36-42H,3-9,29H2,1-2H3,(H,30,34)(H,31,35)(H,43,44);5-12H,1-4H2/t24?,25?,26?,27?,29-,30?,31?,32+,33-,34+,35?,36-,37?,38-,39+,41-;12?,13?,14?,15?,16-,17?,18?,19+,20-,21+,22?,23-,24?,25-,26+,28-;/m11./s1. The number of nitrogens with zero attached hydrogens (tertiary/aromatic N) is 3. The van der Waals surface area contributed by atoms with E-state index in [1.807, 2.05) is 0 Å². The van der Waals surface area contributed by atoms with Crippen molar-refractivity contribution in [2.75, 3.05) is 59.4 Å². The van der Waals surface area contributed by atoms with Gasteiger partial charge in [0.1, 0.15) is 157 Å². The molecular formula is C87H126N8O51. The quantitative estimate of drug-likeness (QED) is 0.00821. The van der Waals surface area contributed by atoms with Gasteiger partial charge in [0, 0.05) is 116 Å². The fourth-order valence-corrected chi connectivity index (χ4v) is 15.8. The third-order valence-corrected chi connectivity index (χ3v) is 23.4. The molecule has 0 bridgehead atoms. The number of non-ortho nitro benzene ring substituents is 3. The molecule has 0 aromatic heterocycles. The number of Topliss-reactive ketones (excluding diaryl/α,β-unsaturated/α-hetero) is 1. The summed E-state index contributed by atoms with van der Waals surface area (Å²) in [5.41, 5.74) is 5.12. The van der Waals surface area contributed by atoms with Gasteiger partial charge >= 0.3 is 29.8 Å². The highest BCUT2D eigenvalue weighted by atomic mass is 16.8. The molecule has 6 fully saturated rings. The zero-order valence-electron chi connectivity index (χ0n) is 79.0. The summed E-state index contributed by atoms with van der Waals surface area (Å²) in [5.74, 6) is -13.3. The van der Waals surface area contributed by atoms with E-state index in [0.717, 1.165) is 27.7 Å². The summed E-state index contributed by atoms with van der Waals surface area (Å²) in [7, 11) is 0.